The summed E-state index contributed by atoms with van der Waals surface area (Å²) in [6, 6.07) is 0. The summed E-state index contributed by atoms with van der Waals surface area (Å²) in [5.74, 6) is -1.27. The Morgan fingerprint density at radius 1 is 1.55 bits per heavy atom. The van der Waals surface area contributed by atoms with Crippen LogP contribution in [0.3, 0.4) is 0 Å². The molecule has 0 bridgehead atoms. The molecule has 6 nitrogen and oxygen atoms in total. The first kappa shape index (κ1) is 7.89. The van der Waals surface area contributed by atoms with E-state index >= 15 is 0 Å². The van der Waals surface area contributed by atoms with Crippen molar-refractivity contribution >= 4 is 24.0 Å². The molecule has 0 fully saturated rings. The summed E-state index contributed by atoms with van der Waals surface area (Å²) in [6.45, 7) is 0. The summed E-state index contributed by atoms with van der Waals surface area (Å²) >= 11 is 0.899. The fourth-order valence-electron chi connectivity index (χ4n) is 0.525. The predicted molar refractivity (Wildman–Crippen MR) is 36.3 cm³/mol. The van der Waals surface area contributed by atoms with Crippen molar-refractivity contribution in [2.45, 2.75) is 0 Å². The highest BCUT2D eigenvalue weighted by molar-refractivity contribution is 8.00. The third-order valence-electron chi connectivity index (χ3n) is 0.966. The van der Waals surface area contributed by atoms with Crippen molar-refractivity contribution in [2.75, 3.05) is 0 Å². The van der Waals surface area contributed by atoms with E-state index in [1.165, 1.54) is 5.41 Å². The van der Waals surface area contributed by atoms with Crippen molar-refractivity contribution < 1.29 is 19.8 Å². The van der Waals surface area contributed by atoms with Crippen LogP contribution in [0.15, 0.2) is 11.1 Å². The molecule has 1 amide bonds. The lowest BCUT2D eigenvalue weighted by atomic mass is 10.5. The third kappa shape index (κ3) is 1.44. The summed E-state index contributed by atoms with van der Waals surface area (Å²) in [5, 5.41) is 18.5. The van der Waals surface area contributed by atoms with Crippen molar-refractivity contribution in [3.8, 4) is 0 Å². The maximum atomic E-state index is 10.3. The van der Waals surface area contributed by atoms with E-state index in [0.29, 0.717) is 5.01 Å². The number of hydrogen-bond donors (Lipinski definition) is 3. The van der Waals surface area contributed by atoms with Gasteiger partial charge in [-0.3, -0.25) is 0 Å². The number of carboxylic acid groups (broad SMARTS) is 2. The Bertz CT molecular complexity index is 238. The molecule has 0 atom stereocenters. The van der Waals surface area contributed by atoms with Gasteiger partial charge in [-0.15, -0.1) is 0 Å². The monoisotopic (exact) mass is 176 g/mol. The SMILES string of the molecule is O=C(O)C1=CSNN1C(=O)O. The van der Waals surface area contributed by atoms with Gasteiger partial charge in [0.2, 0.25) is 0 Å². The van der Waals surface area contributed by atoms with E-state index in [2.05, 4.69) is 4.83 Å². The van der Waals surface area contributed by atoms with E-state index in [9.17, 15) is 9.59 Å². The van der Waals surface area contributed by atoms with Gasteiger partial charge < -0.3 is 10.2 Å². The average molecular weight is 176 g/mol. The number of hydrogen-bond acceptors (Lipinski definition) is 4. The lowest BCUT2D eigenvalue weighted by Crippen LogP contribution is -2.36. The molecule has 0 unspecified atom stereocenters. The molecule has 0 saturated heterocycles. The summed E-state index contributed by atoms with van der Waals surface area (Å²) in [7, 11) is 0. The highest BCUT2D eigenvalue weighted by Crippen LogP contribution is 2.17. The molecule has 7 heteroatoms. The van der Waals surface area contributed by atoms with Crippen LogP contribution in [0.1, 0.15) is 0 Å². The van der Waals surface area contributed by atoms with Crippen LogP contribution < -0.4 is 4.83 Å². The number of nitrogens with one attached hydrogen (secondary N) is 1. The first-order valence-electron chi connectivity index (χ1n) is 2.50. The van der Waals surface area contributed by atoms with Crippen molar-refractivity contribution in [1.29, 1.82) is 0 Å². The predicted octanol–water partition coefficient (Wildman–Crippen LogP) is 0.0588. The minimum Gasteiger partial charge on any atom is -0.477 e. The lowest BCUT2D eigenvalue weighted by molar-refractivity contribution is -0.134. The van der Waals surface area contributed by atoms with Gasteiger partial charge in [-0.25, -0.2) is 9.59 Å². The normalized spacial score (nSPS) is 16.4. The summed E-state index contributed by atoms with van der Waals surface area (Å²) in [6.07, 6.45) is -1.34. The van der Waals surface area contributed by atoms with Crippen molar-refractivity contribution in [2.24, 2.45) is 0 Å². The first-order chi connectivity index (χ1) is 5.13. The Morgan fingerprint density at radius 3 is 2.55 bits per heavy atom. The van der Waals surface area contributed by atoms with Crippen molar-refractivity contribution in [1.82, 2.24) is 9.84 Å². The molecule has 60 valence electrons. The smallest absolute Gasteiger partial charge is 0.427 e. The topological polar surface area (TPSA) is 89.9 Å². The molecule has 0 saturated carbocycles. The molecule has 1 aliphatic rings. The molecule has 0 aromatic carbocycles. The zero-order chi connectivity index (χ0) is 8.43. The van der Waals surface area contributed by atoms with Gasteiger partial charge in [0.25, 0.3) is 0 Å². The minimum absolute atomic E-state index is 0.289. The molecule has 1 aliphatic heterocycles. The fourth-order valence-corrected chi connectivity index (χ4v) is 1.18. The van der Waals surface area contributed by atoms with Crippen LogP contribution in [0.5, 0.6) is 0 Å². The molecule has 0 aliphatic carbocycles. The third-order valence-corrected chi connectivity index (χ3v) is 1.59. The van der Waals surface area contributed by atoms with Gasteiger partial charge in [0.05, 0.1) is 0 Å². The Hall–Kier alpha value is -1.21. The fraction of sp³-hybridized carbons (Fsp3) is 0. The van der Waals surface area contributed by atoms with Gasteiger partial charge in [-0.2, -0.15) is 9.84 Å². The van der Waals surface area contributed by atoms with Crippen molar-refractivity contribution in [3.63, 3.8) is 0 Å². The van der Waals surface area contributed by atoms with Crippen LogP contribution in [-0.4, -0.2) is 27.3 Å². The van der Waals surface area contributed by atoms with E-state index in [0.717, 1.165) is 11.9 Å². The van der Waals surface area contributed by atoms with E-state index in [4.69, 9.17) is 10.2 Å². The van der Waals surface area contributed by atoms with Crippen LogP contribution in [0.25, 0.3) is 0 Å². The van der Waals surface area contributed by atoms with Gasteiger partial charge >= 0.3 is 12.1 Å². The summed E-state index contributed by atoms with van der Waals surface area (Å²) < 4.78 is 0. The van der Waals surface area contributed by atoms with Crippen LogP contribution in [-0.2, 0) is 4.79 Å². The van der Waals surface area contributed by atoms with Crippen molar-refractivity contribution in [3.05, 3.63) is 11.1 Å². The van der Waals surface area contributed by atoms with Crippen LogP contribution >= 0.6 is 11.9 Å². The number of amides is 1. The molecule has 0 aromatic rings. The minimum atomic E-state index is -1.34. The van der Waals surface area contributed by atoms with Gasteiger partial charge in [0, 0.05) is 5.41 Å². The first-order valence-corrected chi connectivity index (χ1v) is 3.38. The highest BCUT2D eigenvalue weighted by atomic mass is 32.2. The van der Waals surface area contributed by atoms with Gasteiger partial charge in [-0.05, 0) is 11.9 Å². The maximum Gasteiger partial charge on any atom is 0.427 e. The van der Waals surface area contributed by atoms with Crippen LogP contribution in [0, 0.1) is 0 Å². The van der Waals surface area contributed by atoms with E-state index in [1.807, 2.05) is 0 Å². The van der Waals surface area contributed by atoms with E-state index < -0.39 is 12.1 Å². The van der Waals surface area contributed by atoms with Gasteiger partial charge in [0.15, 0.2) is 5.70 Å². The zero-order valence-corrected chi connectivity index (χ0v) is 5.96. The van der Waals surface area contributed by atoms with E-state index in [-0.39, 0.29) is 5.70 Å². The molecule has 11 heavy (non-hydrogen) atoms. The molecular formula is C4H4N2O4S. The van der Waals surface area contributed by atoms with Crippen LogP contribution in [0.4, 0.5) is 4.79 Å². The Kier molecular flexibility index (Phi) is 2.01. The molecule has 0 spiro atoms. The maximum absolute atomic E-state index is 10.3. The Balaban J connectivity index is 2.79. The number of aliphatic carboxylic acids is 1. The lowest BCUT2D eigenvalue weighted by Gasteiger charge is -2.10. The largest absolute Gasteiger partial charge is 0.477 e. The molecule has 0 radical (unpaired) electrons. The molecule has 3 N–H and O–H groups in total. The van der Waals surface area contributed by atoms with Gasteiger partial charge in [0.1, 0.15) is 0 Å². The summed E-state index contributed by atoms with van der Waals surface area (Å²) in [5.41, 5.74) is -0.289. The number of nitrogens with zero attached hydrogens (tertiary/aromatic N) is 1. The molecular weight excluding hydrogens is 172 g/mol. The highest BCUT2D eigenvalue weighted by Gasteiger charge is 2.26. The second kappa shape index (κ2) is 2.81. The molecule has 1 heterocycles. The number of hydrazine groups is 1. The summed E-state index contributed by atoms with van der Waals surface area (Å²) in [4.78, 5) is 22.8. The number of carboxylic acids is 1. The standard InChI is InChI=1S/C4H4N2O4S/c7-3(8)2-1-11-5-6(2)4(9)10/h1,5H,(H,7,8)(H,9,10). The van der Waals surface area contributed by atoms with Crippen LogP contribution in [0.2, 0.25) is 0 Å². The number of carbonyl (C=O) groups is 2. The Morgan fingerprint density at radius 2 is 2.18 bits per heavy atom. The van der Waals surface area contributed by atoms with E-state index in [1.54, 1.807) is 0 Å². The zero-order valence-electron chi connectivity index (χ0n) is 5.14. The quantitative estimate of drug-likeness (QED) is 0.489. The second-order valence-corrected chi connectivity index (χ2v) is 2.29. The average Bonchev–Trinajstić information content (AvgIpc) is 2.32. The molecule has 1 rings (SSSR count). The molecule has 0 aromatic heterocycles. The van der Waals surface area contributed by atoms with Gasteiger partial charge in [-0.1, -0.05) is 0 Å². The second-order valence-electron chi connectivity index (χ2n) is 1.64. The Labute approximate surface area is 65.6 Å². The number of rotatable bonds is 1.